The maximum absolute atomic E-state index is 12.3. The molecule has 0 saturated carbocycles. The number of rotatable bonds is 5. The number of methoxy groups -OCH3 is 1. The Morgan fingerprint density at radius 2 is 2.10 bits per heavy atom. The molecule has 0 unspecified atom stereocenters. The van der Waals surface area contributed by atoms with Crippen molar-refractivity contribution in [2.75, 3.05) is 13.7 Å². The highest BCUT2D eigenvalue weighted by atomic mass is 16.5. The molecule has 114 valence electrons. The lowest BCUT2D eigenvalue weighted by Crippen LogP contribution is -2.49. The minimum Gasteiger partial charge on any atom is -0.497 e. The van der Waals surface area contributed by atoms with Crippen molar-refractivity contribution >= 4 is 12.3 Å². The van der Waals surface area contributed by atoms with Crippen molar-refractivity contribution in [2.24, 2.45) is 0 Å². The molecule has 1 aromatic carbocycles. The summed E-state index contributed by atoms with van der Waals surface area (Å²) in [6, 6.07) is 7.17. The van der Waals surface area contributed by atoms with Gasteiger partial charge in [-0.15, -0.1) is 0 Å². The van der Waals surface area contributed by atoms with Crippen LogP contribution in [0.15, 0.2) is 24.3 Å². The maximum atomic E-state index is 12.3. The van der Waals surface area contributed by atoms with Gasteiger partial charge in [0, 0.05) is 6.54 Å². The highest BCUT2D eigenvalue weighted by molar-refractivity contribution is 5.84. The quantitative estimate of drug-likeness (QED) is 0.842. The van der Waals surface area contributed by atoms with Gasteiger partial charge < -0.3 is 15.0 Å². The first-order chi connectivity index (χ1) is 10.2. The molecule has 0 bridgehead atoms. The second-order valence-electron chi connectivity index (χ2n) is 5.36. The Morgan fingerprint density at radius 3 is 2.71 bits per heavy atom. The van der Waals surface area contributed by atoms with E-state index in [0.29, 0.717) is 6.54 Å². The second kappa shape index (κ2) is 7.11. The molecule has 1 saturated heterocycles. The average molecular weight is 290 g/mol. The number of ether oxygens (including phenoxy) is 1. The lowest BCUT2D eigenvalue weighted by atomic mass is 10.0. The van der Waals surface area contributed by atoms with Crippen molar-refractivity contribution in [1.29, 1.82) is 0 Å². The Balaban J connectivity index is 1.98. The zero-order valence-electron chi connectivity index (χ0n) is 12.5. The number of piperidine rings is 1. The molecule has 0 aromatic heterocycles. The predicted molar refractivity (Wildman–Crippen MR) is 80.0 cm³/mol. The van der Waals surface area contributed by atoms with Crippen LogP contribution >= 0.6 is 0 Å². The third kappa shape index (κ3) is 3.74. The van der Waals surface area contributed by atoms with Crippen LogP contribution in [0, 0.1) is 0 Å². The maximum Gasteiger partial charge on any atom is 0.243 e. The topological polar surface area (TPSA) is 58.6 Å². The summed E-state index contributed by atoms with van der Waals surface area (Å²) >= 11 is 0. The van der Waals surface area contributed by atoms with E-state index in [2.05, 4.69) is 5.32 Å². The number of benzene rings is 1. The van der Waals surface area contributed by atoms with E-state index >= 15 is 0 Å². The van der Waals surface area contributed by atoms with Crippen LogP contribution in [0.1, 0.15) is 37.8 Å². The van der Waals surface area contributed by atoms with Crippen LogP contribution in [-0.4, -0.2) is 36.9 Å². The van der Waals surface area contributed by atoms with Crippen LogP contribution in [0.25, 0.3) is 0 Å². The molecule has 2 amide bonds. The van der Waals surface area contributed by atoms with E-state index < -0.39 is 0 Å². The van der Waals surface area contributed by atoms with Gasteiger partial charge >= 0.3 is 0 Å². The van der Waals surface area contributed by atoms with Gasteiger partial charge in [-0.1, -0.05) is 12.1 Å². The van der Waals surface area contributed by atoms with Gasteiger partial charge in [0.25, 0.3) is 0 Å². The number of amides is 2. The SMILES string of the molecule is COc1ccc([C@@H](C)NC(=O)[C@@H]2CCCCN2C=O)cc1. The van der Waals surface area contributed by atoms with Crippen LogP contribution in [0.4, 0.5) is 0 Å². The van der Waals surface area contributed by atoms with Crippen LogP contribution in [0.2, 0.25) is 0 Å². The number of hydrogen-bond acceptors (Lipinski definition) is 3. The minimum atomic E-state index is -0.336. The lowest BCUT2D eigenvalue weighted by Gasteiger charge is -2.32. The zero-order valence-corrected chi connectivity index (χ0v) is 12.5. The van der Waals surface area contributed by atoms with E-state index in [0.717, 1.165) is 37.0 Å². The van der Waals surface area contributed by atoms with Crippen LogP contribution in [-0.2, 0) is 9.59 Å². The van der Waals surface area contributed by atoms with Crippen LogP contribution < -0.4 is 10.1 Å². The number of carbonyl (C=O) groups excluding carboxylic acids is 2. The van der Waals surface area contributed by atoms with Gasteiger partial charge in [0.2, 0.25) is 12.3 Å². The number of nitrogens with zero attached hydrogens (tertiary/aromatic N) is 1. The standard InChI is InChI=1S/C16H22N2O3/c1-12(13-6-8-14(21-2)9-7-13)17-16(20)15-5-3-4-10-18(15)11-19/h6-9,11-12,15H,3-5,10H2,1-2H3,(H,17,20)/t12-,15+/m1/s1. The first-order valence-electron chi connectivity index (χ1n) is 7.31. The van der Waals surface area contributed by atoms with E-state index in [-0.39, 0.29) is 18.0 Å². The predicted octanol–water partition coefficient (Wildman–Crippen LogP) is 1.88. The number of likely N-dealkylation sites (tertiary alicyclic amines) is 1. The normalized spacial score (nSPS) is 19.7. The van der Waals surface area contributed by atoms with Gasteiger partial charge in [0.1, 0.15) is 11.8 Å². The van der Waals surface area contributed by atoms with Gasteiger partial charge in [-0.2, -0.15) is 0 Å². The highest BCUT2D eigenvalue weighted by Crippen LogP contribution is 2.19. The number of hydrogen-bond donors (Lipinski definition) is 1. The van der Waals surface area contributed by atoms with Gasteiger partial charge in [-0.3, -0.25) is 9.59 Å². The second-order valence-corrected chi connectivity index (χ2v) is 5.36. The van der Waals surface area contributed by atoms with Crippen molar-refractivity contribution in [2.45, 2.75) is 38.3 Å². The fourth-order valence-corrected chi connectivity index (χ4v) is 2.65. The fraction of sp³-hybridized carbons (Fsp3) is 0.500. The summed E-state index contributed by atoms with van der Waals surface area (Å²) in [5.74, 6) is 0.710. The molecular weight excluding hydrogens is 268 g/mol. The summed E-state index contributed by atoms with van der Waals surface area (Å²) in [6.07, 6.45) is 3.47. The van der Waals surface area contributed by atoms with Crippen molar-refractivity contribution in [3.63, 3.8) is 0 Å². The molecule has 1 aliphatic rings. The molecule has 1 heterocycles. The summed E-state index contributed by atoms with van der Waals surface area (Å²) in [7, 11) is 1.62. The van der Waals surface area contributed by atoms with Crippen LogP contribution in [0.5, 0.6) is 5.75 Å². The first-order valence-corrected chi connectivity index (χ1v) is 7.31. The summed E-state index contributed by atoms with van der Waals surface area (Å²) in [5, 5.41) is 2.99. The fourth-order valence-electron chi connectivity index (χ4n) is 2.65. The Bertz CT molecular complexity index is 487. The monoisotopic (exact) mass is 290 g/mol. The summed E-state index contributed by atoms with van der Waals surface area (Å²) < 4.78 is 5.12. The summed E-state index contributed by atoms with van der Waals surface area (Å²) in [5.41, 5.74) is 1.01. The molecule has 2 rings (SSSR count). The molecule has 0 spiro atoms. The van der Waals surface area contributed by atoms with E-state index in [4.69, 9.17) is 4.74 Å². The molecule has 0 aliphatic carbocycles. The van der Waals surface area contributed by atoms with Crippen molar-refractivity contribution in [1.82, 2.24) is 10.2 Å². The van der Waals surface area contributed by atoms with Gasteiger partial charge in [0.05, 0.1) is 13.2 Å². The third-order valence-corrected chi connectivity index (χ3v) is 3.96. The smallest absolute Gasteiger partial charge is 0.243 e. The Hall–Kier alpha value is -2.04. The molecule has 1 fully saturated rings. The number of nitrogens with one attached hydrogen (secondary N) is 1. The molecule has 5 nitrogen and oxygen atoms in total. The van der Waals surface area contributed by atoms with Gasteiger partial charge in [-0.05, 0) is 43.9 Å². The van der Waals surface area contributed by atoms with E-state index in [1.165, 1.54) is 0 Å². The van der Waals surface area contributed by atoms with Gasteiger partial charge in [-0.25, -0.2) is 0 Å². The molecular formula is C16H22N2O3. The molecule has 1 aromatic rings. The molecule has 5 heteroatoms. The highest BCUT2D eigenvalue weighted by Gasteiger charge is 2.28. The van der Waals surface area contributed by atoms with E-state index in [1.807, 2.05) is 31.2 Å². The zero-order chi connectivity index (χ0) is 15.2. The lowest BCUT2D eigenvalue weighted by molar-refractivity contribution is -0.135. The Kier molecular flexibility index (Phi) is 5.20. The molecule has 21 heavy (non-hydrogen) atoms. The Morgan fingerprint density at radius 1 is 1.38 bits per heavy atom. The third-order valence-electron chi connectivity index (χ3n) is 3.96. The van der Waals surface area contributed by atoms with Crippen molar-refractivity contribution in [3.8, 4) is 5.75 Å². The van der Waals surface area contributed by atoms with Crippen molar-refractivity contribution in [3.05, 3.63) is 29.8 Å². The van der Waals surface area contributed by atoms with E-state index in [1.54, 1.807) is 12.0 Å². The van der Waals surface area contributed by atoms with Crippen LogP contribution in [0.3, 0.4) is 0 Å². The summed E-state index contributed by atoms with van der Waals surface area (Å²) in [6.45, 7) is 2.60. The molecule has 1 N–H and O–H groups in total. The first kappa shape index (κ1) is 15.4. The Labute approximate surface area is 125 Å². The molecule has 2 atom stereocenters. The summed E-state index contributed by atoms with van der Waals surface area (Å²) in [4.78, 5) is 25.0. The van der Waals surface area contributed by atoms with Gasteiger partial charge in [0.15, 0.2) is 0 Å². The largest absolute Gasteiger partial charge is 0.497 e. The molecule has 0 radical (unpaired) electrons. The number of carbonyl (C=O) groups is 2. The van der Waals surface area contributed by atoms with E-state index in [9.17, 15) is 9.59 Å². The minimum absolute atomic E-state index is 0.0786. The molecule has 1 aliphatic heterocycles. The average Bonchev–Trinajstić information content (AvgIpc) is 2.54. The van der Waals surface area contributed by atoms with Crippen molar-refractivity contribution < 1.29 is 14.3 Å².